The van der Waals surface area contributed by atoms with Gasteiger partial charge in [0.15, 0.2) is 0 Å². The molecule has 2 fully saturated rings. The van der Waals surface area contributed by atoms with Crippen LogP contribution in [0.25, 0.3) is 0 Å². The molecule has 1 N–H and O–H groups in total. The van der Waals surface area contributed by atoms with Crippen LogP contribution in [0.4, 0.5) is 4.39 Å². The van der Waals surface area contributed by atoms with Gasteiger partial charge in [-0.1, -0.05) is 0 Å². The Balaban J connectivity index is 1.37. The van der Waals surface area contributed by atoms with E-state index in [9.17, 15) is 9.18 Å². The van der Waals surface area contributed by atoms with Gasteiger partial charge in [-0.25, -0.2) is 4.39 Å². The Kier molecular flexibility index (Phi) is 5.16. The van der Waals surface area contributed by atoms with Crippen molar-refractivity contribution in [2.45, 2.75) is 31.7 Å². The largest absolute Gasteiger partial charge is 0.494 e. The second-order valence-electron chi connectivity index (χ2n) is 6.79. The molecular weight excluding hydrogens is 295 g/mol. The lowest BCUT2D eigenvalue weighted by Gasteiger charge is -2.24. The molecule has 0 spiro atoms. The summed E-state index contributed by atoms with van der Waals surface area (Å²) in [6, 6.07) is 6.72. The number of fused-ring (bicyclic) bond motifs is 1. The first-order valence-corrected chi connectivity index (χ1v) is 8.47. The second kappa shape index (κ2) is 7.30. The summed E-state index contributed by atoms with van der Waals surface area (Å²) in [4.78, 5) is 13.9. The summed E-state index contributed by atoms with van der Waals surface area (Å²) < 4.78 is 18.5. The fourth-order valence-corrected chi connectivity index (χ4v) is 3.81. The van der Waals surface area contributed by atoms with E-state index in [1.807, 2.05) is 0 Å². The average molecular weight is 320 g/mol. The third-order valence-corrected chi connectivity index (χ3v) is 5.19. The molecule has 0 aromatic heterocycles. The fraction of sp³-hybridized carbons (Fsp3) is 0.611. The van der Waals surface area contributed by atoms with Crippen LogP contribution in [0.15, 0.2) is 24.3 Å². The lowest BCUT2D eigenvalue weighted by atomic mass is 9.89. The van der Waals surface area contributed by atoms with Crippen LogP contribution in [-0.4, -0.2) is 43.6 Å². The van der Waals surface area contributed by atoms with E-state index in [1.165, 1.54) is 18.6 Å². The maximum atomic E-state index is 12.8. The predicted octanol–water partition coefficient (Wildman–Crippen LogP) is 2.44. The number of nitrogens with zero attached hydrogens (tertiary/aromatic N) is 1. The first kappa shape index (κ1) is 16.2. The van der Waals surface area contributed by atoms with E-state index in [2.05, 4.69) is 17.3 Å². The summed E-state index contributed by atoms with van der Waals surface area (Å²) in [6.07, 6.45) is 3.95. The average Bonchev–Trinajstić information content (AvgIpc) is 2.96. The van der Waals surface area contributed by atoms with E-state index in [4.69, 9.17) is 4.74 Å². The minimum absolute atomic E-state index is 0.210. The molecule has 3 atom stereocenters. The Labute approximate surface area is 137 Å². The second-order valence-corrected chi connectivity index (χ2v) is 6.79. The molecule has 0 unspecified atom stereocenters. The lowest BCUT2D eigenvalue weighted by Crippen LogP contribution is -2.38. The van der Waals surface area contributed by atoms with Gasteiger partial charge < -0.3 is 15.0 Å². The van der Waals surface area contributed by atoms with Gasteiger partial charge >= 0.3 is 0 Å². The Bertz CT molecular complexity index is 534. The molecule has 23 heavy (non-hydrogen) atoms. The van der Waals surface area contributed by atoms with Crippen LogP contribution in [0.2, 0.25) is 0 Å². The van der Waals surface area contributed by atoms with Crippen LogP contribution in [0.3, 0.4) is 0 Å². The molecule has 1 aliphatic carbocycles. The highest BCUT2D eigenvalue weighted by Gasteiger charge is 2.39. The van der Waals surface area contributed by atoms with Gasteiger partial charge in [-0.3, -0.25) is 4.79 Å². The van der Waals surface area contributed by atoms with Gasteiger partial charge in [0, 0.05) is 25.6 Å². The topological polar surface area (TPSA) is 41.6 Å². The Morgan fingerprint density at radius 2 is 2.00 bits per heavy atom. The van der Waals surface area contributed by atoms with Crippen molar-refractivity contribution in [1.29, 1.82) is 0 Å². The Hall–Kier alpha value is -1.62. The summed E-state index contributed by atoms with van der Waals surface area (Å²) >= 11 is 0. The molecule has 2 aliphatic rings. The van der Waals surface area contributed by atoms with Crippen molar-refractivity contribution in [2.75, 3.05) is 26.7 Å². The zero-order valence-corrected chi connectivity index (χ0v) is 13.6. The number of carbonyl (C=O) groups excluding carboxylic acids is 1. The molecule has 4 nitrogen and oxygen atoms in total. The summed E-state index contributed by atoms with van der Waals surface area (Å²) in [5, 5.41) is 2.98. The van der Waals surface area contributed by atoms with E-state index >= 15 is 0 Å². The molecule has 1 amide bonds. The minimum Gasteiger partial charge on any atom is -0.494 e. The molecule has 1 aliphatic heterocycles. The highest BCUT2D eigenvalue weighted by molar-refractivity contribution is 5.77. The van der Waals surface area contributed by atoms with E-state index < -0.39 is 0 Å². The van der Waals surface area contributed by atoms with Crippen LogP contribution >= 0.6 is 0 Å². The van der Waals surface area contributed by atoms with Crippen molar-refractivity contribution in [2.24, 2.45) is 11.8 Å². The highest BCUT2D eigenvalue weighted by Crippen LogP contribution is 2.38. The summed E-state index contributed by atoms with van der Waals surface area (Å²) in [5.41, 5.74) is 0. The molecule has 0 bridgehead atoms. The maximum absolute atomic E-state index is 12.8. The van der Waals surface area contributed by atoms with Crippen molar-refractivity contribution >= 4 is 5.91 Å². The number of rotatable bonds is 6. The number of ether oxygens (including phenoxy) is 1. The first-order chi connectivity index (χ1) is 11.1. The van der Waals surface area contributed by atoms with Crippen molar-refractivity contribution in [3.8, 4) is 5.75 Å². The van der Waals surface area contributed by atoms with Gasteiger partial charge in [-0.05, 0) is 62.4 Å². The summed E-state index contributed by atoms with van der Waals surface area (Å²) in [5.74, 6) is 1.89. The maximum Gasteiger partial charge on any atom is 0.220 e. The summed E-state index contributed by atoms with van der Waals surface area (Å²) in [6.45, 7) is 2.46. The van der Waals surface area contributed by atoms with Crippen LogP contribution < -0.4 is 10.1 Å². The number of hydrogen-bond donors (Lipinski definition) is 1. The number of benzene rings is 1. The quantitative estimate of drug-likeness (QED) is 0.819. The van der Waals surface area contributed by atoms with Crippen LogP contribution in [-0.2, 0) is 4.79 Å². The molecule has 1 aromatic rings. The number of halogens is 1. The number of piperidine rings is 1. The normalized spacial score (nSPS) is 26.9. The number of nitrogens with one attached hydrogen (secondary N) is 1. The number of amides is 1. The number of hydrogen-bond acceptors (Lipinski definition) is 3. The van der Waals surface area contributed by atoms with Crippen molar-refractivity contribution in [3.63, 3.8) is 0 Å². The van der Waals surface area contributed by atoms with E-state index in [0.717, 1.165) is 25.9 Å². The van der Waals surface area contributed by atoms with Crippen LogP contribution in [0, 0.1) is 17.7 Å². The predicted molar refractivity (Wildman–Crippen MR) is 86.8 cm³/mol. The first-order valence-electron chi connectivity index (χ1n) is 8.47. The van der Waals surface area contributed by atoms with Crippen molar-refractivity contribution in [3.05, 3.63) is 30.1 Å². The van der Waals surface area contributed by atoms with Gasteiger partial charge in [-0.15, -0.1) is 0 Å². The zero-order valence-electron chi connectivity index (χ0n) is 13.6. The van der Waals surface area contributed by atoms with E-state index in [-0.39, 0.29) is 11.7 Å². The highest BCUT2D eigenvalue weighted by atomic mass is 19.1. The van der Waals surface area contributed by atoms with Crippen molar-refractivity contribution in [1.82, 2.24) is 10.2 Å². The van der Waals surface area contributed by atoms with Crippen molar-refractivity contribution < 1.29 is 13.9 Å². The summed E-state index contributed by atoms with van der Waals surface area (Å²) in [7, 11) is 2.16. The minimum atomic E-state index is -0.243. The molecule has 1 saturated heterocycles. The molecule has 1 saturated carbocycles. The molecule has 1 aromatic carbocycles. The van der Waals surface area contributed by atoms with Gasteiger partial charge in [0.2, 0.25) is 5.91 Å². The smallest absolute Gasteiger partial charge is 0.220 e. The fourth-order valence-electron chi connectivity index (χ4n) is 3.81. The van der Waals surface area contributed by atoms with Gasteiger partial charge in [0.05, 0.1) is 6.61 Å². The SMILES string of the molecule is CN(CCCOc1ccc(F)cc1)[C@H]1C[C@H]2CC(=O)NC[C@H]2C1. The zero-order chi connectivity index (χ0) is 16.2. The van der Waals surface area contributed by atoms with Gasteiger partial charge in [0.25, 0.3) is 0 Å². The van der Waals surface area contributed by atoms with Crippen LogP contribution in [0.1, 0.15) is 25.7 Å². The third-order valence-electron chi connectivity index (χ3n) is 5.19. The number of carbonyl (C=O) groups is 1. The van der Waals surface area contributed by atoms with Gasteiger partial charge in [0.1, 0.15) is 11.6 Å². The lowest BCUT2D eigenvalue weighted by molar-refractivity contribution is -0.124. The van der Waals surface area contributed by atoms with E-state index in [1.54, 1.807) is 12.1 Å². The molecular formula is C18H25FN2O2. The monoisotopic (exact) mass is 320 g/mol. The van der Waals surface area contributed by atoms with Gasteiger partial charge in [-0.2, -0.15) is 0 Å². The Morgan fingerprint density at radius 3 is 2.78 bits per heavy atom. The van der Waals surface area contributed by atoms with Crippen LogP contribution in [0.5, 0.6) is 5.75 Å². The third kappa shape index (κ3) is 4.22. The molecule has 0 radical (unpaired) electrons. The molecule has 5 heteroatoms. The standard InChI is InChI=1S/C18H25FN2O2/c1-21(7-2-8-23-17-5-3-15(19)4-6-17)16-9-13-11-18(22)20-12-14(13)10-16/h3-6,13-14,16H,2,7-12H2,1H3,(H,20,22)/t13-,14+,16-/m0/s1. The molecule has 3 rings (SSSR count). The molecule has 1 heterocycles. The van der Waals surface area contributed by atoms with E-state index in [0.29, 0.717) is 36.7 Å². The Morgan fingerprint density at radius 1 is 1.26 bits per heavy atom. The molecule has 126 valence electrons.